The summed E-state index contributed by atoms with van der Waals surface area (Å²) in [5.74, 6) is -0.197. The Balaban J connectivity index is 2.39. The average Bonchev–Trinajstić information content (AvgIpc) is 2.47. The summed E-state index contributed by atoms with van der Waals surface area (Å²) in [6.07, 6.45) is 2.78. The molecule has 0 spiro atoms. The number of nitrogens with zero attached hydrogens (tertiary/aromatic N) is 1. The lowest BCUT2D eigenvalue weighted by Gasteiger charge is -2.36. The van der Waals surface area contributed by atoms with Crippen LogP contribution in [0.15, 0.2) is 22.7 Å². The molecule has 1 unspecified atom stereocenters. The Morgan fingerprint density at radius 3 is 2.81 bits per heavy atom. The number of hydrogen-bond donors (Lipinski definition) is 0. The van der Waals surface area contributed by atoms with Crippen LogP contribution in [0, 0.1) is 0 Å². The van der Waals surface area contributed by atoms with Gasteiger partial charge in [0.1, 0.15) is 6.04 Å². The molecule has 2 rings (SSSR count). The molecule has 5 heteroatoms. The van der Waals surface area contributed by atoms with Crippen LogP contribution in [0.4, 0.5) is 5.69 Å². The molecule has 4 nitrogen and oxygen atoms in total. The number of rotatable bonds is 4. The lowest BCUT2D eigenvalue weighted by molar-refractivity contribution is -0.145. The number of piperidine rings is 1. The predicted molar refractivity (Wildman–Crippen MR) is 85.8 cm³/mol. The maximum Gasteiger partial charge on any atom is 0.328 e. The highest BCUT2D eigenvalue weighted by Gasteiger charge is 2.31. The predicted octanol–water partition coefficient (Wildman–Crippen LogP) is 3.57. The number of hydrogen-bond acceptors (Lipinski definition) is 4. The minimum Gasteiger partial charge on any atom is -0.464 e. The van der Waals surface area contributed by atoms with Crippen molar-refractivity contribution in [2.45, 2.75) is 39.2 Å². The molecule has 1 aliphatic heterocycles. The van der Waals surface area contributed by atoms with E-state index in [4.69, 9.17) is 4.74 Å². The van der Waals surface area contributed by atoms with Gasteiger partial charge in [-0.15, -0.1) is 0 Å². The number of anilines is 1. The third kappa shape index (κ3) is 3.64. The first-order chi connectivity index (χ1) is 10.0. The second-order valence-corrected chi connectivity index (χ2v) is 6.09. The Labute approximate surface area is 133 Å². The van der Waals surface area contributed by atoms with E-state index < -0.39 is 0 Å². The largest absolute Gasteiger partial charge is 0.464 e. The van der Waals surface area contributed by atoms with Crippen LogP contribution in [0.3, 0.4) is 0 Å². The Morgan fingerprint density at radius 1 is 1.38 bits per heavy atom. The maximum absolute atomic E-state index is 12.2. The molecule has 1 aromatic carbocycles. The maximum atomic E-state index is 12.2. The number of esters is 1. The van der Waals surface area contributed by atoms with Gasteiger partial charge in [0, 0.05) is 22.3 Å². The molecule has 0 radical (unpaired) electrons. The summed E-state index contributed by atoms with van der Waals surface area (Å²) in [4.78, 5) is 26.1. The lowest BCUT2D eigenvalue weighted by atomic mass is 9.99. The third-order valence-corrected chi connectivity index (χ3v) is 4.20. The molecule has 0 N–H and O–H groups in total. The smallest absolute Gasteiger partial charge is 0.328 e. The second kappa shape index (κ2) is 7.07. The van der Waals surface area contributed by atoms with Gasteiger partial charge in [0.25, 0.3) is 0 Å². The van der Waals surface area contributed by atoms with Crippen molar-refractivity contribution in [1.29, 1.82) is 0 Å². The van der Waals surface area contributed by atoms with Crippen LogP contribution < -0.4 is 4.90 Å². The first-order valence-electron chi connectivity index (χ1n) is 7.28. The number of halogens is 1. The quantitative estimate of drug-likeness (QED) is 0.613. The van der Waals surface area contributed by atoms with Crippen molar-refractivity contribution >= 4 is 33.4 Å². The van der Waals surface area contributed by atoms with Crippen LogP contribution in [0.1, 0.15) is 43.5 Å². The molecular weight excluding hydrogens is 334 g/mol. The SMILES string of the molecule is CCOC(=O)C1CCCCN1c1cc(Br)ccc1C(C)=O. The van der Waals surface area contributed by atoms with Crippen molar-refractivity contribution in [3.63, 3.8) is 0 Å². The van der Waals surface area contributed by atoms with Crippen molar-refractivity contribution < 1.29 is 14.3 Å². The zero-order valence-corrected chi connectivity index (χ0v) is 14.0. The highest BCUT2D eigenvalue weighted by Crippen LogP contribution is 2.31. The van der Waals surface area contributed by atoms with E-state index in [1.54, 1.807) is 13.0 Å². The van der Waals surface area contributed by atoms with E-state index in [0.717, 1.165) is 36.0 Å². The van der Waals surface area contributed by atoms with Crippen molar-refractivity contribution in [2.75, 3.05) is 18.1 Å². The minimum absolute atomic E-state index is 0.00526. The molecule has 0 aromatic heterocycles. The molecule has 0 aliphatic carbocycles. The Hall–Kier alpha value is -1.36. The van der Waals surface area contributed by atoms with Gasteiger partial charge < -0.3 is 9.64 Å². The topological polar surface area (TPSA) is 46.6 Å². The Bertz CT molecular complexity index is 544. The first-order valence-corrected chi connectivity index (χ1v) is 8.07. The van der Waals surface area contributed by atoms with Gasteiger partial charge in [-0.05, 0) is 51.3 Å². The van der Waals surface area contributed by atoms with Gasteiger partial charge in [0.05, 0.1) is 6.61 Å². The normalized spacial score (nSPS) is 18.4. The van der Waals surface area contributed by atoms with Gasteiger partial charge in [-0.25, -0.2) is 4.79 Å². The molecule has 0 saturated carbocycles. The molecule has 1 heterocycles. The van der Waals surface area contributed by atoms with Gasteiger partial charge in [-0.3, -0.25) is 4.79 Å². The van der Waals surface area contributed by atoms with Crippen LogP contribution >= 0.6 is 15.9 Å². The monoisotopic (exact) mass is 353 g/mol. The Kier molecular flexibility index (Phi) is 5.39. The summed E-state index contributed by atoms with van der Waals surface area (Å²) in [6, 6.07) is 5.27. The molecule has 0 bridgehead atoms. The fraction of sp³-hybridized carbons (Fsp3) is 0.500. The summed E-state index contributed by atoms with van der Waals surface area (Å²) < 4.78 is 6.09. The Morgan fingerprint density at radius 2 is 2.14 bits per heavy atom. The van der Waals surface area contributed by atoms with E-state index in [9.17, 15) is 9.59 Å². The van der Waals surface area contributed by atoms with Crippen LogP contribution in [-0.2, 0) is 9.53 Å². The summed E-state index contributed by atoms with van der Waals surface area (Å²) in [5, 5.41) is 0. The van der Waals surface area contributed by atoms with Crippen LogP contribution in [0.25, 0.3) is 0 Å². The standard InChI is InChI=1S/C16H20BrNO3/c1-3-21-16(20)14-6-4-5-9-18(14)15-10-12(17)7-8-13(15)11(2)19/h7-8,10,14H,3-6,9H2,1-2H3. The van der Waals surface area contributed by atoms with Gasteiger partial charge >= 0.3 is 5.97 Å². The number of carbonyl (C=O) groups excluding carboxylic acids is 2. The van der Waals surface area contributed by atoms with E-state index in [2.05, 4.69) is 15.9 Å². The summed E-state index contributed by atoms with van der Waals surface area (Å²) in [7, 11) is 0. The molecule has 1 saturated heterocycles. The number of ether oxygens (including phenoxy) is 1. The van der Waals surface area contributed by atoms with Crippen LogP contribution in [-0.4, -0.2) is 30.9 Å². The zero-order chi connectivity index (χ0) is 15.4. The van der Waals surface area contributed by atoms with Crippen molar-refractivity contribution in [1.82, 2.24) is 0 Å². The number of carbonyl (C=O) groups is 2. The summed E-state index contributed by atoms with van der Waals surface area (Å²) >= 11 is 3.45. The van der Waals surface area contributed by atoms with Crippen molar-refractivity contribution in [3.8, 4) is 0 Å². The van der Waals surface area contributed by atoms with Crippen molar-refractivity contribution in [3.05, 3.63) is 28.2 Å². The number of Topliss-reactive ketones (excluding diaryl/α,β-unsaturated/α-hetero) is 1. The van der Waals surface area contributed by atoms with Gasteiger partial charge in [0.15, 0.2) is 5.78 Å². The fourth-order valence-electron chi connectivity index (χ4n) is 2.74. The van der Waals surface area contributed by atoms with E-state index in [1.165, 1.54) is 0 Å². The lowest BCUT2D eigenvalue weighted by Crippen LogP contribution is -2.46. The number of benzene rings is 1. The van der Waals surface area contributed by atoms with Gasteiger partial charge in [-0.1, -0.05) is 15.9 Å². The molecule has 1 atom stereocenters. The molecule has 21 heavy (non-hydrogen) atoms. The van der Waals surface area contributed by atoms with Gasteiger partial charge in [0.2, 0.25) is 0 Å². The van der Waals surface area contributed by atoms with Crippen molar-refractivity contribution in [2.24, 2.45) is 0 Å². The van der Waals surface area contributed by atoms with E-state index in [0.29, 0.717) is 12.2 Å². The molecular formula is C16H20BrNO3. The van der Waals surface area contributed by atoms with Gasteiger partial charge in [-0.2, -0.15) is 0 Å². The molecule has 1 aromatic rings. The molecule has 114 valence electrons. The average molecular weight is 354 g/mol. The van der Waals surface area contributed by atoms with Crippen LogP contribution in [0.5, 0.6) is 0 Å². The molecule has 1 fully saturated rings. The van der Waals surface area contributed by atoms with Crippen LogP contribution in [0.2, 0.25) is 0 Å². The summed E-state index contributed by atoms with van der Waals surface area (Å²) in [6.45, 7) is 4.50. The second-order valence-electron chi connectivity index (χ2n) is 5.17. The molecule has 0 amide bonds. The zero-order valence-electron chi connectivity index (χ0n) is 12.4. The number of ketones is 1. The fourth-order valence-corrected chi connectivity index (χ4v) is 3.09. The highest BCUT2D eigenvalue weighted by molar-refractivity contribution is 9.10. The highest BCUT2D eigenvalue weighted by atomic mass is 79.9. The van der Waals surface area contributed by atoms with E-state index in [-0.39, 0.29) is 17.8 Å². The molecule has 1 aliphatic rings. The third-order valence-electron chi connectivity index (χ3n) is 3.71. The van der Waals surface area contributed by atoms with E-state index >= 15 is 0 Å². The minimum atomic E-state index is -0.300. The first kappa shape index (κ1) is 16.0. The van der Waals surface area contributed by atoms with E-state index in [1.807, 2.05) is 24.0 Å². The summed E-state index contributed by atoms with van der Waals surface area (Å²) in [5.41, 5.74) is 1.46.